The summed E-state index contributed by atoms with van der Waals surface area (Å²) in [6, 6.07) is 13.3. The molecule has 1 fully saturated rings. The molecule has 0 radical (unpaired) electrons. The summed E-state index contributed by atoms with van der Waals surface area (Å²) >= 11 is 1.68. The lowest BCUT2D eigenvalue weighted by atomic mass is 10.1. The summed E-state index contributed by atoms with van der Waals surface area (Å²) in [6.45, 7) is 3.50. The number of fused-ring (bicyclic) bond motifs is 1. The van der Waals surface area contributed by atoms with E-state index in [1.54, 1.807) is 17.4 Å². The summed E-state index contributed by atoms with van der Waals surface area (Å²) < 4.78 is 5.45. The fourth-order valence-electron chi connectivity index (χ4n) is 3.38. The van der Waals surface area contributed by atoms with Gasteiger partial charge < -0.3 is 15.0 Å². The van der Waals surface area contributed by atoms with Crippen molar-refractivity contribution < 1.29 is 9.53 Å². The van der Waals surface area contributed by atoms with Crippen LogP contribution in [0.4, 0.5) is 0 Å². The van der Waals surface area contributed by atoms with E-state index in [9.17, 15) is 9.59 Å². The monoisotopic (exact) mass is 383 g/mol. The molecule has 0 bridgehead atoms. The summed E-state index contributed by atoms with van der Waals surface area (Å²) in [5.74, 6) is -0.350. The van der Waals surface area contributed by atoms with Gasteiger partial charge in [0.05, 0.1) is 19.3 Å². The Morgan fingerprint density at radius 1 is 1.22 bits per heavy atom. The minimum absolute atomic E-state index is 0.0809. The molecule has 7 heteroatoms. The fraction of sp³-hybridized carbons (Fsp3) is 0.300. The Morgan fingerprint density at radius 3 is 2.81 bits per heavy atom. The molecular weight excluding hydrogens is 362 g/mol. The molecular formula is C20H21N3O3S. The summed E-state index contributed by atoms with van der Waals surface area (Å²) in [6.07, 6.45) is 0. The molecule has 2 aromatic heterocycles. The number of amides is 1. The molecule has 0 unspecified atom stereocenters. The zero-order chi connectivity index (χ0) is 18.6. The van der Waals surface area contributed by atoms with E-state index >= 15 is 0 Å². The first-order valence-corrected chi connectivity index (χ1v) is 9.86. The highest BCUT2D eigenvalue weighted by molar-refractivity contribution is 7.10. The lowest BCUT2D eigenvalue weighted by Crippen LogP contribution is -2.44. The van der Waals surface area contributed by atoms with Crippen molar-refractivity contribution in [2.75, 3.05) is 32.8 Å². The van der Waals surface area contributed by atoms with Crippen LogP contribution in [0.15, 0.2) is 52.6 Å². The molecule has 0 spiro atoms. The maximum atomic E-state index is 12.7. The number of aromatic nitrogens is 1. The minimum atomic E-state index is -0.370. The molecule has 1 aliphatic heterocycles. The average Bonchev–Trinajstić information content (AvgIpc) is 3.23. The number of carbonyl (C=O) groups is 1. The number of morpholine rings is 1. The predicted molar refractivity (Wildman–Crippen MR) is 106 cm³/mol. The van der Waals surface area contributed by atoms with Gasteiger partial charge in [-0.25, -0.2) is 0 Å². The maximum Gasteiger partial charge on any atom is 0.261 e. The Kier molecular flexibility index (Phi) is 5.33. The molecule has 27 heavy (non-hydrogen) atoms. The number of rotatable bonds is 5. The van der Waals surface area contributed by atoms with E-state index in [1.807, 2.05) is 35.7 Å². The quantitative estimate of drug-likeness (QED) is 0.710. The first kappa shape index (κ1) is 17.9. The van der Waals surface area contributed by atoms with Crippen molar-refractivity contribution in [3.63, 3.8) is 0 Å². The van der Waals surface area contributed by atoms with E-state index in [2.05, 4.69) is 21.3 Å². The van der Waals surface area contributed by atoms with Crippen LogP contribution < -0.4 is 10.9 Å². The highest BCUT2D eigenvalue weighted by atomic mass is 32.1. The van der Waals surface area contributed by atoms with Crippen LogP contribution in [0.1, 0.15) is 21.3 Å². The molecule has 0 saturated carbocycles. The first-order chi connectivity index (χ1) is 13.2. The molecule has 4 rings (SSSR count). The summed E-state index contributed by atoms with van der Waals surface area (Å²) in [4.78, 5) is 31.3. The van der Waals surface area contributed by atoms with E-state index in [1.165, 1.54) is 4.88 Å². The molecule has 3 heterocycles. The molecule has 1 saturated heterocycles. The summed E-state index contributed by atoms with van der Waals surface area (Å²) in [5, 5.41) is 5.83. The van der Waals surface area contributed by atoms with Gasteiger partial charge in [-0.1, -0.05) is 24.3 Å². The van der Waals surface area contributed by atoms with Gasteiger partial charge in [0.25, 0.3) is 11.5 Å². The van der Waals surface area contributed by atoms with Gasteiger partial charge >= 0.3 is 0 Å². The van der Waals surface area contributed by atoms with Crippen molar-refractivity contribution in [3.8, 4) is 0 Å². The van der Waals surface area contributed by atoms with Crippen LogP contribution in [-0.4, -0.2) is 48.6 Å². The average molecular weight is 383 g/mol. The second-order valence-electron chi connectivity index (χ2n) is 6.49. The second kappa shape index (κ2) is 8.04. The number of H-pyrrole nitrogens is 1. The van der Waals surface area contributed by atoms with E-state index in [-0.39, 0.29) is 23.1 Å². The zero-order valence-electron chi connectivity index (χ0n) is 14.8. The van der Waals surface area contributed by atoms with Crippen LogP contribution in [0.25, 0.3) is 10.9 Å². The molecule has 3 aromatic rings. The summed E-state index contributed by atoms with van der Waals surface area (Å²) in [7, 11) is 0. The van der Waals surface area contributed by atoms with Crippen molar-refractivity contribution in [1.82, 2.24) is 15.2 Å². The van der Waals surface area contributed by atoms with Crippen LogP contribution in [-0.2, 0) is 4.74 Å². The number of pyridine rings is 1. The van der Waals surface area contributed by atoms with Crippen LogP contribution in [0.3, 0.4) is 0 Å². The van der Waals surface area contributed by atoms with Crippen molar-refractivity contribution in [2.45, 2.75) is 6.04 Å². The topological polar surface area (TPSA) is 74.4 Å². The molecule has 1 amide bonds. The molecule has 140 valence electrons. The van der Waals surface area contributed by atoms with Crippen LogP contribution >= 0.6 is 11.3 Å². The molecule has 6 nitrogen and oxygen atoms in total. The third kappa shape index (κ3) is 3.95. The van der Waals surface area contributed by atoms with Crippen LogP contribution in [0.2, 0.25) is 0 Å². The van der Waals surface area contributed by atoms with Gasteiger partial charge in [-0.2, -0.15) is 0 Å². The van der Waals surface area contributed by atoms with Crippen molar-refractivity contribution in [3.05, 3.63) is 68.6 Å². The Balaban J connectivity index is 1.53. The Labute approximate surface area is 160 Å². The molecule has 1 aliphatic rings. The maximum absolute atomic E-state index is 12.7. The minimum Gasteiger partial charge on any atom is -0.379 e. The number of hydrogen-bond donors (Lipinski definition) is 2. The SMILES string of the molecule is O=C(NC[C@@H](c1cccs1)N1CCOCC1)c1cc2ccccc2[nH]c1=O. The third-order valence-corrected chi connectivity index (χ3v) is 5.79. The van der Waals surface area contributed by atoms with Gasteiger partial charge in [0.2, 0.25) is 0 Å². The first-order valence-electron chi connectivity index (χ1n) is 8.98. The number of nitrogens with one attached hydrogen (secondary N) is 2. The Hall–Kier alpha value is -2.48. The molecule has 2 N–H and O–H groups in total. The number of para-hydroxylation sites is 1. The van der Waals surface area contributed by atoms with Gasteiger partial charge in [-0.3, -0.25) is 14.5 Å². The highest BCUT2D eigenvalue weighted by Crippen LogP contribution is 2.25. The van der Waals surface area contributed by atoms with Crippen molar-refractivity contribution in [1.29, 1.82) is 0 Å². The summed E-state index contributed by atoms with van der Waals surface area (Å²) in [5.41, 5.74) is 0.495. The fourth-order valence-corrected chi connectivity index (χ4v) is 4.24. The van der Waals surface area contributed by atoms with Crippen LogP contribution in [0.5, 0.6) is 0 Å². The van der Waals surface area contributed by atoms with E-state index < -0.39 is 0 Å². The van der Waals surface area contributed by atoms with Gasteiger partial charge in [-0.15, -0.1) is 11.3 Å². The van der Waals surface area contributed by atoms with Gasteiger partial charge in [-0.05, 0) is 29.0 Å². The number of benzene rings is 1. The predicted octanol–water partition coefficient (Wildman–Crippen LogP) is 2.39. The number of thiophene rings is 1. The molecule has 0 aliphatic carbocycles. The smallest absolute Gasteiger partial charge is 0.261 e. The number of aromatic amines is 1. The van der Waals surface area contributed by atoms with Gasteiger partial charge in [0, 0.05) is 30.0 Å². The number of nitrogens with zero attached hydrogens (tertiary/aromatic N) is 1. The van der Waals surface area contributed by atoms with Crippen molar-refractivity contribution >= 4 is 28.1 Å². The lowest BCUT2D eigenvalue weighted by Gasteiger charge is -2.34. The van der Waals surface area contributed by atoms with Crippen LogP contribution in [0, 0.1) is 0 Å². The van der Waals surface area contributed by atoms with Gasteiger partial charge in [0.1, 0.15) is 5.56 Å². The second-order valence-corrected chi connectivity index (χ2v) is 7.47. The molecule has 1 atom stereocenters. The lowest BCUT2D eigenvalue weighted by molar-refractivity contribution is 0.0169. The Bertz CT molecular complexity index is 978. The third-order valence-electron chi connectivity index (χ3n) is 4.81. The highest BCUT2D eigenvalue weighted by Gasteiger charge is 2.24. The van der Waals surface area contributed by atoms with E-state index in [0.29, 0.717) is 19.8 Å². The van der Waals surface area contributed by atoms with Crippen molar-refractivity contribution in [2.24, 2.45) is 0 Å². The number of carbonyl (C=O) groups excluding carboxylic acids is 1. The number of hydrogen-bond acceptors (Lipinski definition) is 5. The largest absolute Gasteiger partial charge is 0.379 e. The normalized spacial score (nSPS) is 16.3. The standard InChI is InChI=1S/C20H21N3O3S/c24-19(15-12-14-4-1-2-5-16(14)22-20(15)25)21-13-17(18-6-3-11-27-18)23-7-9-26-10-8-23/h1-6,11-12,17H,7-10,13H2,(H,21,24)(H,22,25)/t17-/m0/s1. The van der Waals surface area contributed by atoms with E-state index in [4.69, 9.17) is 4.74 Å². The number of ether oxygens (including phenoxy) is 1. The zero-order valence-corrected chi connectivity index (χ0v) is 15.6. The van der Waals surface area contributed by atoms with Gasteiger partial charge in [0.15, 0.2) is 0 Å². The molecule has 1 aromatic carbocycles. The Morgan fingerprint density at radius 2 is 2.04 bits per heavy atom. The van der Waals surface area contributed by atoms with E-state index in [0.717, 1.165) is 24.0 Å².